The van der Waals surface area contributed by atoms with Gasteiger partial charge < -0.3 is 9.84 Å². The van der Waals surface area contributed by atoms with Gasteiger partial charge in [-0.25, -0.2) is 4.98 Å². The van der Waals surface area contributed by atoms with E-state index in [4.69, 9.17) is 9.72 Å². The van der Waals surface area contributed by atoms with Gasteiger partial charge >= 0.3 is 0 Å². The Kier molecular flexibility index (Phi) is 4.42. The zero-order valence-electron chi connectivity index (χ0n) is 14.4. The highest BCUT2D eigenvalue weighted by Crippen LogP contribution is 2.25. The fourth-order valence-electron chi connectivity index (χ4n) is 3.61. The van der Waals surface area contributed by atoms with Crippen molar-refractivity contribution < 1.29 is 9.84 Å². The second-order valence-electron chi connectivity index (χ2n) is 6.62. The maximum atomic E-state index is 9.39. The number of benzene rings is 2. The number of fused-ring (bicyclic) bond motifs is 1. The van der Waals surface area contributed by atoms with Crippen molar-refractivity contribution in [3.63, 3.8) is 0 Å². The van der Waals surface area contributed by atoms with Gasteiger partial charge in [-0.2, -0.15) is 0 Å². The number of aromatic nitrogens is 2. The van der Waals surface area contributed by atoms with Crippen molar-refractivity contribution in [1.82, 2.24) is 14.5 Å². The van der Waals surface area contributed by atoms with Gasteiger partial charge in [0.1, 0.15) is 11.6 Å². The molecule has 1 aliphatic heterocycles. The van der Waals surface area contributed by atoms with Crippen LogP contribution >= 0.6 is 0 Å². The summed E-state index contributed by atoms with van der Waals surface area (Å²) in [5, 5.41) is 9.39. The summed E-state index contributed by atoms with van der Waals surface area (Å²) >= 11 is 0. The predicted molar refractivity (Wildman–Crippen MR) is 98.1 cm³/mol. The van der Waals surface area contributed by atoms with Crippen LogP contribution in [0.15, 0.2) is 48.5 Å². The summed E-state index contributed by atoms with van der Waals surface area (Å²) in [4.78, 5) is 7.25. The Morgan fingerprint density at radius 3 is 2.68 bits per heavy atom. The molecule has 5 heteroatoms. The SMILES string of the molecule is COc1ccc(-n2c(CN3CCC(CO)C3)nc3ccccc32)cc1. The van der Waals surface area contributed by atoms with Crippen LogP contribution in [-0.4, -0.2) is 46.4 Å². The summed E-state index contributed by atoms with van der Waals surface area (Å²) in [6.45, 7) is 3.00. The molecule has 2 heterocycles. The van der Waals surface area contributed by atoms with Gasteiger partial charge in [-0.3, -0.25) is 9.47 Å². The summed E-state index contributed by atoms with van der Waals surface area (Å²) in [5.74, 6) is 2.27. The Hall–Kier alpha value is -2.37. The molecule has 5 nitrogen and oxygen atoms in total. The highest BCUT2D eigenvalue weighted by atomic mass is 16.5. The lowest BCUT2D eigenvalue weighted by molar-refractivity contribution is 0.219. The van der Waals surface area contributed by atoms with E-state index in [-0.39, 0.29) is 6.61 Å². The van der Waals surface area contributed by atoms with Gasteiger partial charge in [-0.1, -0.05) is 12.1 Å². The first-order valence-electron chi connectivity index (χ1n) is 8.72. The second-order valence-corrected chi connectivity index (χ2v) is 6.62. The monoisotopic (exact) mass is 337 g/mol. The van der Waals surface area contributed by atoms with Crippen molar-refractivity contribution in [1.29, 1.82) is 0 Å². The Morgan fingerprint density at radius 1 is 1.16 bits per heavy atom. The fourth-order valence-corrected chi connectivity index (χ4v) is 3.61. The molecule has 1 N–H and O–H groups in total. The first kappa shape index (κ1) is 16.1. The van der Waals surface area contributed by atoms with Crippen LogP contribution in [0.25, 0.3) is 16.7 Å². The highest BCUT2D eigenvalue weighted by Gasteiger charge is 2.24. The van der Waals surface area contributed by atoms with E-state index in [0.717, 1.165) is 54.3 Å². The maximum absolute atomic E-state index is 9.39. The van der Waals surface area contributed by atoms with Gasteiger partial charge in [-0.15, -0.1) is 0 Å². The quantitative estimate of drug-likeness (QED) is 0.778. The number of hydrogen-bond acceptors (Lipinski definition) is 4. The molecule has 3 aromatic rings. The molecule has 25 heavy (non-hydrogen) atoms. The molecule has 1 aromatic heterocycles. The van der Waals surface area contributed by atoms with E-state index in [2.05, 4.69) is 33.7 Å². The minimum Gasteiger partial charge on any atom is -0.497 e. The van der Waals surface area contributed by atoms with E-state index in [1.165, 1.54) is 0 Å². The molecule has 1 aliphatic rings. The van der Waals surface area contributed by atoms with Crippen molar-refractivity contribution in [2.45, 2.75) is 13.0 Å². The zero-order valence-corrected chi connectivity index (χ0v) is 14.4. The van der Waals surface area contributed by atoms with E-state index < -0.39 is 0 Å². The highest BCUT2D eigenvalue weighted by molar-refractivity contribution is 5.78. The third kappa shape index (κ3) is 3.13. The standard InChI is InChI=1S/C20H23N3O2/c1-25-17-8-6-16(7-9-17)23-19-5-3-2-4-18(19)21-20(23)13-22-11-10-15(12-22)14-24/h2-9,15,24H,10-14H2,1H3. The molecule has 0 bridgehead atoms. The molecule has 1 fully saturated rings. The van der Waals surface area contributed by atoms with Crippen LogP contribution in [-0.2, 0) is 6.54 Å². The number of aliphatic hydroxyl groups is 1. The lowest BCUT2D eigenvalue weighted by Gasteiger charge is -2.17. The third-order valence-corrected chi connectivity index (χ3v) is 4.95. The normalized spacial score (nSPS) is 18.1. The van der Waals surface area contributed by atoms with E-state index in [0.29, 0.717) is 5.92 Å². The molecule has 1 atom stereocenters. The number of nitrogens with zero attached hydrogens (tertiary/aromatic N) is 3. The topological polar surface area (TPSA) is 50.5 Å². The molecular weight excluding hydrogens is 314 g/mol. The second kappa shape index (κ2) is 6.86. The molecule has 0 radical (unpaired) electrons. The summed E-state index contributed by atoms with van der Waals surface area (Å²) < 4.78 is 7.50. The van der Waals surface area contributed by atoms with Crippen molar-refractivity contribution in [3.8, 4) is 11.4 Å². The number of hydrogen-bond donors (Lipinski definition) is 1. The van der Waals surface area contributed by atoms with E-state index in [1.807, 2.05) is 24.3 Å². The number of ether oxygens (including phenoxy) is 1. The predicted octanol–water partition coefficient (Wildman–Crippen LogP) is 2.85. The number of methoxy groups -OCH3 is 1. The summed E-state index contributed by atoms with van der Waals surface area (Å²) in [5.41, 5.74) is 3.20. The molecule has 1 saturated heterocycles. The van der Waals surface area contributed by atoms with Crippen LogP contribution in [0.5, 0.6) is 5.75 Å². The molecular formula is C20H23N3O2. The molecule has 4 rings (SSSR count). The van der Waals surface area contributed by atoms with Crippen molar-refractivity contribution in [2.75, 3.05) is 26.8 Å². The van der Waals surface area contributed by atoms with Crippen molar-refractivity contribution in [2.24, 2.45) is 5.92 Å². The van der Waals surface area contributed by atoms with E-state index in [9.17, 15) is 5.11 Å². The number of para-hydroxylation sites is 2. The Bertz CT molecular complexity index is 857. The Morgan fingerprint density at radius 2 is 1.96 bits per heavy atom. The molecule has 2 aromatic carbocycles. The number of likely N-dealkylation sites (tertiary alicyclic amines) is 1. The molecule has 0 aliphatic carbocycles. The third-order valence-electron chi connectivity index (χ3n) is 4.95. The number of rotatable bonds is 5. The maximum Gasteiger partial charge on any atom is 0.128 e. The van der Waals surface area contributed by atoms with Crippen LogP contribution in [0, 0.1) is 5.92 Å². The Balaban J connectivity index is 1.73. The molecule has 0 amide bonds. The lowest BCUT2D eigenvalue weighted by Crippen LogP contribution is -2.23. The van der Waals surface area contributed by atoms with Gasteiger partial charge in [0.05, 0.1) is 24.7 Å². The molecule has 0 saturated carbocycles. The Labute approximate surface area is 147 Å². The van der Waals surface area contributed by atoms with Crippen molar-refractivity contribution in [3.05, 3.63) is 54.4 Å². The minimum absolute atomic E-state index is 0.269. The average molecular weight is 337 g/mol. The van der Waals surface area contributed by atoms with E-state index >= 15 is 0 Å². The molecule has 1 unspecified atom stereocenters. The lowest BCUT2D eigenvalue weighted by atomic mass is 10.1. The van der Waals surface area contributed by atoms with Crippen LogP contribution in [0.1, 0.15) is 12.2 Å². The van der Waals surface area contributed by atoms with Crippen LogP contribution < -0.4 is 4.74 Å². The minimum atomic E-state index is 0.269. The van der Waals surface area contributed by atoms with E-state index in [1.54, 1.807) is 7.11 Å². The van der Waals surface area contributed by atoms with Crippen molar-refractivity contribution >= 4 is 11.0 Å². The van der Waals surface area contributed by atoms with Crippen LogP contribution in [0.4, 0.5) is 0 Å². The van der Waals surface area contributed by atoms with Gasteiger partial charge in [0.15, 0.2) is 0 Å². The fraction of sp³-hybridized carbons (Fsp3) is 0.350. The number of aliphatic hydroxyl groups excluding tert-OH is 1. The summed E-state index contributed by atoms with van der Waals surface area (Å²) in [6, 6.07) is 16.3. The van der Waals surface area contributed by atoms with Gasteiger partial charge in [0.25, 0.3) is 0 Å². The first-order valence-corrected chi connectivity index (χ1v) is 8.72. The summed E-state index contributed by atoms with van der Waals surface area (Å²) in [6.07, 6.45) is 1.05. The molecule has 130 valence electrons. The van der Waals surface area contributed by atoms with Gasteiger partial charge in [0, 0.05) is 18.8 Å². The smallest absolute Gasteiger partial charge is 0.128 e. The largest absolute Gasteiger partial charge is 0.497 e. The molecule has 0 spiro atoms. The van der Waals surface area contributed by atoms with Crippen LogP contribution in [0.3, 0.4) is 0 Å². The van der Waals surface area contributed by atoms with Gasteiger partial charge in [0.2, 0.25) is 0 Å². The van der Waals surface area contributed by atoms with Crippen LogP contribution in [0.2, 0.25) is 0 Å². The zero-order chi connectivity index (χ0) is 17.2. The first-order chi connectivity index (χ1) is 12.3. The van der Waals surface area contributed by atoms with Gasteiger partial charge in [-0.05, 0) is 55.3 Å². The average Bonchev–Trinajstić information content (AvgIpc) is 3.26. The summed E-state index contributed by atoms with van der Waals surface area (Å²) in [7, 11) is 1.68. The number of imidazole rings is 1.